The summed E-state index contributed by atoms with van der Waals surface area (Å²) in [6, 6.07) is 11.1. The number of hydrogen-bond donors (Lipinski definition) is 0. The second kappa shape index (κ2) is 7.22. The van der Waals surface area contributed by atoms with E-state index >= 15 is 0 Å². The molecule has 21 heavy (non-hydrogen) atoms. The second-order valence-electron chi connectivity index (χ2n) is 4.27. The maximum Gasteiger partial charge on any atom is 0.338 e. The van der Waals surface area contributed by atoms with Gasteiger partial charge in [0.25, 0.3) is 0 Å². The van der Waals surface area contributed by atoms with Gasteiger partial charge in [-0.3, -0.25) is 0 Å². The normalized spacial score (nSPS) is 10.2. The molecule has 5 heteroatoms. The molecule has 0 radical (unpaired) electrons. The van der Waals surface area contributed by atoms with Crippen LogP contribution in [0.3, 0.4) is 0 Å². The minimum absolute atomic E-state index is 0.301. The van der Waals surface area contributed by atoms with Crippen molar-refractivity contribution in [1.29, 1.82) is 0 Å². The fraction of sp³-hybridized carbons (Fsp3) is 0.188. The molecule has 0 aliphatic carbocycles. The van der Waals surface area contributed by atoms with Gasteiger partial charge in [-0.15, -0.1) is 0 Å². The second-order valence-corrected chi connectivity index (χ2v) is 5.12. The molecule has 0 N–H and O–H groups in total. The summed E-state index contributed by atoms with van der Waals surface area (Å²) in [6.45, 7) is 2.41. The highest BCUT2D eigenvalue weighted by molar-refractivity contribution is 9.10. The van der Waals surface area contributed by atoms with Gasteiger partial charge in [0.1, 0.15) is 18.2 Å². The van der Waals surface area contributed by atoms with Crippen LogP contribution in [0.4, 0.5) is 4.39 Å². The van der Waals surface area contributed by atoms with Crippen molar-refractivity contribution < 1.29 is 18.7 Å². The highest BCUT2D eigenvalue weighted by Gasteiger charge is 2.07. The smallest absolute Gasteiger partial charge is 0.338 e. The first-order chi connectivity index (χ1) is 10.1. The Morgan fingerprint density at radius 1 is 1.19 bits per heavy atom. The van der Waals surface area contributed by atoms with Crippen LogP contribution in [0.2, 0.25) is 0 Å². The summed E-state index contributed by atoms with van der Waals surface area (Å²) in [5.74, 6) is -0.0333. The Hall–Kier alpha value is -1.88. The number of carbonyl (C=O) groups excluding carboxylic acids is 1. The van der Waals surface area contributed by atoms with Crippen molar-refractivity contribution >= 4 is 21.9 Å². The number of benzene rings is 2. The molecule has 3 nitrogen and oxygen atoms in total. The van der Waals surface area contributed by atoms with Crippen LogP contribution in [-0.2, 0) is 11.3 Å². The molecule has 0 bridgehead atoms. The fourth-order valence-electron chi connectivity index (χ4n) is 1.70. The maximum absolute atomic E-state index is 13.0. The summed E-state index contributed by atoms with van der Waals surface area (Å²) in [5, 5.41) is 0. The van der Waals surface area contributed by atoms with Crippen molar-refractivity contribution in [2.24, 2.45) is 0 Å². The van der Waals surface area contributed by atoms with Crippen LogP contribution in [0.1, 0.15) is 22.8 Å². The Kier molecular flexibility index (Phi) is 5.33. The molecule has 0 atom stereocenters. The van der Waals surface area contributed by atoms with Gasteiger partial charge in [0, 0.05) is 10.0 Å². The van der Waals surface area contributed by atoms with Crippen LogP contribution in [-0.4, -0.2) is 12.6 Å². The molecule has 0 saturated heterocycles. The van der Waals surface area contributed by atoms with E-state index in [-0.39, 0.29) is 11.8 Å². The van der Waals surface area contributed by atoms with Gasteiger partial charge in [-0.05, 0) is 43.3 Å². The van der Waals surface area contributed by atoms with Crippen molar-refractivity contribution in [3.05, 3.63) is 63.9 Å². The fourth-order valence-corrected chi connectivity index (χ4v) is 2.17. The van der Waals surface area contributed by atoms with Gasteiger partial charge in [0.15, 0.2) is 0 Å². The summed E-state index contributed by atoms with van der Waals surface area (Å²) in [4.78, 5) is 11.5. The zero-order valence-corrected chi connectivity index (χ0v) is 13.0. The standard InChI is InChI=1S/C16H14BrFO3/c1-2-20-16(19)11-4-7-14(8-5-11)21-10-12-3-6-13(18)9-15(12)17/h3-9H,2,10H2,1H3. The minimum atomic E-state index is -0.356. The topological polar surface area (TPSA) is 35.5 Å². The van der Waals surface area contributed by atoms with Crippen molar-refractivity contribution in [2.45, 2.75) is 13.5 Å². The molecule has 0 aliphatic rings. The van der Waals surface area contributed by atoms with Crippen molar-refractivity contribution in [3.63, 3.8) is 0 Å². The molecule has 2 aromatic carbocycles. The maximum atomic E-state index is 13.0. The number of halogens is 2. The average Bonchev–Trinajstić information content (AvgIpc) is 2.47. The van der Waals surface area contributed by atoms with Gasteiger partial charge >= 0.3 is 5.97 Å². The first-order valence-electron chi connectivity index (χ1n) is 6.44. The summed E-state index contributed by atoms with van der Waals surface area (Å²) >= 11 is 3.29. The molecular formula is C16H14BrFO3. The van der Waals surface area contributed by atoms with Crippen LogP contribution < -0.4 is 4.74 Å². The van der Waals surface area contributed by atoms with Crippen molar-refractivity contribution in [3.8, 4) is 5.75 Å². The number of hydrogen-bond acceptors (Lipinski definition) is 3. The van der Waals surface area contributed by atoms with E-state index in [1.54, 1.807) is 37.3 Å². The van der Waals surface area contributed by atoms with E-state index in [1.807, 2.05) is 0 Å². The third kappa shape index (κ3) is 4.29. The van der Waals surface area contributed by atoms with E-state index in [1.165, 1.54) is 12.1 Å². The van der Waals surface area contributed by atoms with Gasteiger partial charge in [0.05, 0.1) is 12.2 Å². The van der Waals surface area contributed by atoms with Crippen molar-refractivity contribution in [1.82, 2.24) is 0 Å². The van der Waals surface area contributed by atoms with Crippen LogP contribution in [0.25, 0.3) is 0 Å². The van der Waals surface area contributed by atoms with E-state index in [2.05, 4.69) is 15.9 Å². The van der Waals surface area contributed by atoms with Crippen LogP contribution in [0.15, 0.2) is 46.9 Å². The Bertz CT molecular complexity index is 626. The summed E-state index contributed by atoms with van der Waals surface area (Å²) in [6.07, 6.45) is 0. The lowest BCUT2D eigenvalue weighted by Gasteiger charge is -2.08. The third-order valence-corrected chi connectivity index (χ3v) is 3.51. The van der Waals surface area contributed by atoms with Crippen LogP contribution in [0, 0.1) is 5.82 Å². The average molecular weight is 353 g/mol. The third-order valence-electron chi connectivity index (χ3n) is 2.77. The first-order valence-corrected chi connectivity index (χ1v) is 7.23. The van der Waals surface area contributed by atoms with E-state index < -0.39 is 0 Å². The summed E-state index contributed by atoms with van der Waals surface area (Å²) < 4.78 is 24.1. The molecule has 0 saturated carbocycles. The van der Waals surface area contributed by atoms with Crippen LogP contribution >= 0.6 is 15.9 Å². The molecule has 0 heterocycles. The van der Waals surface area contributed by atoms with E-state index in [0.29, 0.717) is 29.0 Å². The molecule has 2 rings (SSSR count). The quantitative estimate of drug-likeness (QED) is 0.750. The molecule has 2 aromatic rings. The molecule has 0 aliphatic heterocycles. The summed E-state index contributed by atoms with van der Waals surface area (Å²) in [7, 11) is 0. The number of carbonyl (C=O) groups is 1. The highest BCUT2D eigenvalue weighted by Crippen LogP contribution is 2.21. The zero-order valence-electron chi connectivity index (χ0n) is 11.4. The number of esters is 1. The number of rotatable bonds is 5. The predicted octanol–water partition coefficient (Wildman–Crippen LogP) is 4.34. The van der Waals surface area contributed by atoms with Gasteiger partial charge in [0.2, 0.25) is 0 Å². The van der Waals surface area contributed by atoms with E-state index in [0.717, 1.165) is 5.56 Å². The van der Waals surface area contributed by atoms with Crippen LogP contribution in [0.5, 0.6) is 5.75 Å². The lowest BCUT2D eigenvalue weighted by Crippen LogP contribution is -2.04. The molecule has 0 amide bonds. The van der Waals surface area contributed by atoms with Gasteiger partial charge < -0.3 is 9.47 Å². The monoisotopic (exact) mass is 352 g/mol. The number of ether oxygens (including phenoxy) is 2. The molecule has 0 aromatic heterocycles. The lowest BCUT2D eigenvalue weighted by molar-refractivity contribution is 0.0526. The molecule has 110 valence electrons. The highest BCUT2D eigenvalue weighted by atomic mass is 79.9. The zero-order chi connectivity index (χ0) is 15.2. The van der Waals surface area contributed by atoms with E-state index in [4.69, 9.17) is 9.47 Å². The first kappa shape index (κ1) is 15.5. The Morgan fingerprint density at radius 3 is 2.52 bits per heavy atom. The van der Waals surface area contributed by atoms with Crippen molar-refractivity contribution in [2.75, 3.05) is 6.61 Å². The minimum Gasteiger partial charge on any atom is -0.489 e. The Labute approximate surface area is 130 Å². The molecule has 0 spiro atoms. The SMILES string of the molecule is CCOC(=O)c1ccc(OCc2ccc(F)cc2Br)cc1. The Balaban J connectivity index is 1.99. The molecular weight excluding hydrogens is 339 g/mol. The van der Waals surface area contributed by atoms with Gasteiger partial charge in [-0.2, -0.15) is 0 Å². The van der Waals surface area contributed by atoms with Gasteiger partial charge in [-0.25, -0.2) is 9.18 Å². The lowest BCUT2D eigenvalue weighted by atomic mass is 10.2. The van der Waals surface area contributed by atoms with Gasteiger partial charge in [-0.1, -0.05) is 22.0 Å². The Morgan fingerprint density at radius 2 is 1.90 bits per heavy atom. The van der Waals surface area contributed by atoms with E-state index in [9.17, 15) is 9.18 Å². The largest absolute Gasteiger partial charge is 0.489 e. The predicted molar refractivity (Wildman–Crippen MR) is 80.8 cm³/mol. The molecule has 0 fully saturated rings. The summed E-state index contributed by atoms with van der Waals surface area (Å²) in [5.41, 5.74) is 1.32. The molecule has 0 unspecified atom stereocenters.